The van der Waals surface area contributed by atoms with Gasteiger partial charge in [0.05, 0.1) is 12.9 Å². The van der Waals surface area contributed by atoms with Gasteiger partial charge >= 0.3 is 0 Å². The highest BCUT2D eigenvalue weighted by atomic mass is 127. The molecule has 0 spiro atoms. The van der Waals surface area contributed by atoms with E-state index in [4.69, 9.17) is 27.2 Å². The summed E-state index contributed by atoms with van der Waals surface area (Å²) < 4.78 is 7.61. The number of aliphatic hydroxyl groups is 2. The van der Waals surface area contributed by atoms with Gasteiger partial charge in [-0.05, 0) is 0 Å². The van der Waals surface area contributed by atoms with E-state index in [2.05, 4.69) is 15.0 Å². The maximum atomic E-state index is 9.90. The van der Waals surface area contributed by atoms with Gasteiger partial charge in [0, 0.05) is 22.6 Å². The molecule has 8 nitrogen and oxygen atoms in total. The zero-order valence-electron chi connectivity index (χ0n) is 10.0. The van der Waals surface area contributed by atoms with Crippen LogP contribution in [0.2, 0.25) is 0 Å². The van der Waals surface area contributed by atoms with Gasteiger partial charge in [0.1, 0.15) is 23.1 Å². The second kappa shape index (κ2) is 5.22. The Morgan fingerprint density at radius 3 is 2.90 bits per heavy atom. The van der Waals surface area contributed by atoms with Crippen LogP contribution < -0.4 is 5.73 Å². The van der Waals surface area contributed by atoms with Crippen LogP contribution in [0.4, 0.5) is 5.82 Å². The first-order valence-corrected chi connectivity index (χ1v) is 7.28. The molecular weight excluding hydrogens is 400 g/mol. The first-order valence-electron chi connectivity index (χ1n) is 5.77. The summed E-state index contributed by atoms with van der Waals surface area (Å²) in [4.78, 5) is 12.4. The van der Waals surface area contributed by atoms with Crippen molar-refractivity contribution in [2.75, 3.05) is 12.3 Å². The number of nitrogen functional groups attached to an aromatic ring is 1. The molecule has 0 unspecified atom stereocenters. The molecule has 1 aliphatic heterocycles. The quantitative estimate of drug-likeness (QED) is 0.358. The standard InChI is InChI=1S/C10H11ClIN5O3/c11-4-6(19)3(1-18)20-9(4)17-2-14-5-7(13)15-10(12)16-8(5)17/h2-4,6,9,18-19H,1H2,(H2,13,15,16)/t3-,4+,6-,9-/m1/s1. The molecular formula is C10H11ClIN5O3. The van der Waals surface area contributed by atoms with E-state index in [0.717, 1.165) is 0 Å². The molecule has 3 heterocycles. The molecule has 3 rings (SSSR count). The lowest BCUT2D eigenvalue weighted by Crippen LogP contribution is -2.29. The summed E-state index contributed by atoms with van der Waals surface area (Å²) in [6.07, 6.45) is -0.905. The molecule has 0 radical (unpaired) electrons. The Labute approximate surface area is 132 Å². The van der Waals surface area contributed by atoms with Crippen molar-refractivity contribution >= 4 is 51.2 Å². The molecule has 2 aromatic heterocycles. The van der Waals surface area contributed by atoms with Crippen LogP contribution in [0.1, 0.15) is 6.23 Å². The van der Waals surface area contributed by atoms with Crippen LogP contribution in [-0.2, 0) is 4.74 Å². The summed E-state index contributed by atoms with van der Waals surface area (Å²) in [6, 6.07) is 0. The number of anilines is 1. The van der Waals surface area contributed by atoms with E-state index < -0.39 is 23.8 Å². The van der Waals surface area contributed by atoms with E-state index in [0.29, 0.717) is 15.0 Å². The second-order valence-corrected chi connectivity index (χ2v) is 5.85. The van der Waals surface area contributed by atoms with Crippen molar-refractivity contribution in [1.29, 1.82) is 0 Å². The van der Waals surface area contributed by atoms with Gasteiger partial charge in [-0.1, -0.05) is 0 Å². The van der Waals surface area contributed by atoms with Crippen molar-refractivity contribution < 1.29 is 14.9 Å². The molecule has 4 atom stereocenters. The largest absolute Gasteiger partial charge is 0.394 e. The molecule has 2 aromatic rings. The number of alkyl halides is 1. The molecule has 4 N–H and O–H groups in total. The third-order valence-electron chi connectivity index (χ3n) is 3.17. The van der Waals surface area contributed by atoms with E-state index in [1.807, 2.05) is 22.6 Å². The predicted octanol–water partition coefficient (Wildman–Crippen LogP) is -0.129. The number of nitrogens with zero attached hydrogens (tertiary/aromatic N) is 4. The minimum Gasteiger partial charge on any atom is -0.394 e. The lowest BCUT2D eigenvalue weighted by molar-refractivity contribution is -0.0431. The number of aliphatic hydroxyl groups excluding tert-OH is 2. The first-order chi connectivity index (χ1) is 9.52. The van der Waals surface area contributed by atoms with Crippen molar-refractivity contribution in [2.45, 2.75) is 23.8 Å². The van der Waals surface area contributed by atoms with Crippen molar-refractivity contribution in [3.63, 3.8) is 0 Å². The lowest BCUT2D eigenvalue weighted by atomic mass is 10.2. The Morgan fingerprint density at radius 1 is 1.50 bits per heavy atom. The maximum absolute atomic E-state index is 9.90. The van der Waals surface area contributed by atoms with Crippen LogP contribution in [0.3, 0.4) is 0 Å². The predicted molar refractivity (Wildman–Crippen MR) is 79.1 cm³/mol. The van der Waals surface area contributed by atoms with Crippen molar-refractivity contribution in [1.82, 2.24) is 19.5 Å². The number of rotatable bonds is 2. The molecule has 0 aromatic carbocycles. The average molecular weight is 412 g/mol. The Balaban J connectivity index is 2.07. The number of hydrogen-bond donors (Lipinski definition) is 3. The van der Waals surface area contributed by atoms with Gasteiger partial charge in [0.25, 0.3) is 0 Å². The number of ether oxygens (including phenoxy) is 1. The summed E-state index contributed by atoms with van der Waals surface area (Å²) in [5.41, 5.74) is 6.71. The van der Waals surface area contributed by atoms with E-state index in [-0.39, 0.29) is 12.4 Å². The van der Waals surface area contributed by atoms with Gasteiger partial charge in [-0.2, -0.15) is 0 Å². The van der Waals surface area contributed by atoms with Gasteiger partial charge in [-0.25, -0.2) is 15.0 Å². The van der Waals surface area contributed by atoms with Crippen LogP contribution in [0, 0.1) is 3.83 Å². The summed E-state index contributed by atoms with van der Waals surface area (Å²) in [6.45, 7) is -0.317. The molecule has 1 aliphatic rings. The monoisotopic (exact) mass is 411 g/mol. The maximum Gasteiger partial charge on any atom is 0.194 e. The Morgan fingerprint density at radius 2 is 2.25 bits per heavy atom. The summed E-state index contributed by atoms with van der Waals surface area (Å²) in [5.74, 6) is 0.265. The van der Waals surface area contributed by atoms with Crippen molar-refractivity contribution in [2.24, 2.45) is 0 Å². The van der Waals surface area contributed by atoms with Gasteiger partial charge in [-0.3, -0.25) is 4.57 Å². The molecule has 0 amide bonds. The SMILES string of the molecule is Nc1nc(I)nc2c1ncn2[C@@H]1O[C@H](CO)[C@@H](O)[C@@H]1Cl. The van der Waals surface area contributed by atoms with Gasteiger partial charge < -0.3 is 20.7 Å². The van der Waals surface area contributed by atoms with Crippen LogP contribution >= 0.6 is 34.2 Å². The van der Waals surface area contributed by atoms with E-state index in [1.54, 1.807) is 4.57 Å². The van der Waals surface area contributed by atoms with Crippen LogP contribution in [0.5, 0.6) is 0 Å². The average Bonchev–Trinajstić information content (AvgIpc) is 2.93. The minimum absolute atomic E-state index is 0.265. The Bertz CT molecular complexity index is 653. The van der Waals surface area contributed by atoms with Gasteiger partial charge in [-0.15, -0.1) is 11.6 Å². The topological polar surface area (TPSA) is 119 Å². The molecule has 0 saturated carbocycles. The molecule has 1 fully saturated rings. The molecule has 0 bridgehead atoms. The van der Waals surface area contributed by atoms with E-state index in [1.165, 1.54) is 6.33 Å². The van der Waals surface area contributed by atoms with Gasteiger partial charge in [0.2, 0.25) is 0 Å². The molecule has 0 aliphatic carbocycles. The summed E-state index contributed by atoms with van der Waals surface area (Å²) in [7, 11) is 0. The summed E-state index contributed by atoms with van der Waals surface area (Å²) in [5, 5.41) is 18.3. The molecule has 1 saturated heterocycles. The zero-order chi connectivity index (χ0) is 14.4. The third kappa shape index (κ3) is 2.13. The van der Waals surface area contributed by atoms with E-state index in [9.17, 15) is 5.11 Å². The molecule has 20 heavy (non-hydrogen) atoms. The minimum atomic E-state index is -0.970. The number of hydrogen-bond acceptors (Lipinski definition) is 7. The molecule has 108 valence electrons. The van der Waals surface area contributed by atoms with Crippen molar-refractivity contribution in [3.8, 4) is 0 Å². The van der Waals surface area contributed by atoms with Crippen LogP contribution in [-0.4, -0.2) is 53.9 Å². The lowest BCUT2D eigenvalue weighted by Gasteiger charge is -2.15. The van der Waals surface area contributed by atoms with Crippen LogP contribution in [0.25, 0.3) is 11.2 Å². The van der Waals surface area contributed by atoms with Gasteiger partial charge in [0.15, 0.2) is 21.5 Å². The Hall–Kier alpha value is -0.750. The fourth-order valence-electron chi connectivity index (χ4n) is 2.18. The highest BCUT2D eigenvalue weighted by Crippen LogP contribution is 2.35. The second-order valence-electron chi connectivity index (χ2n) is 4.38. The number of imidazole rings is 1. The zero-order valence-corrected chi connectivity index (χ0v) is 12.9. The van der Waals surface area contributed by atoms with Crippen LogP contribution in [0.15, 0.2) is 6.33 Å². The Kier molecular flexibility index (Phi) is 3.71. The van der Waals surface area contributed by atoms with E-state index >= 15 is 0 Å². The fourth-order valence-corrected chi connectivity index (χ4v) is 3.01. The number of fused-ring (bicyclic) bond motifs is 1. The highest BCUT2D eigenvalue weighted by molar-refractivity contribution is 14.1. The highest BCUT2D eigenvalue weighted by Gasteiger charge is 2.43. The summed E-state index contributed by atoms with van der Waals surface area (Å²) >= 11 is 8.11. The number of nitrogens with two attached hydrogens (primary N) is 1. The third-order valence-corrected chi connectivity index (χ3v) is 4.13. The fraction of sp³-hybridized carbons (Fsp3) is 0.500. The number of aromatic nitrogens is 4. The normalized spacial score (nSPS) is 30.2. The first kappa shape index (κ1) is 14.2. The smallest absolute Gasteiger partial charge is 0.194 e. The number of halogens is 2. The van der Waals surface area contributed by atoms with Crippen molar-refractivity contribution in [3.05, 3.63) is 10.2 Å². The molecule has 10 heteroatoms.